The largest absolute Gasteiger partial charge is 0.461 e. The second-order valence-corrected chi connectivity index (χ2v) is 3.45. The zero-order valence-electron chi connectivity index (χ0n) is 9.87. The van der Waals surface area contributed by atoms with Crippen molar-refractivity contribution in [3.8, 4) is 0 Å². The number of ether oxygens (including phenoxy) is 1. The molecular weight excluding hydrogens is 188 g/mol. The molecule has 0 atom stereocenters. The lowest BCUT2D eigenvalue weighted by Crippen LogP contribution is -2.03. The quantitative estimate of drug-likeness (QED) is 0.347. The van der Waals surface area contributed by atoms with Crippen LogP contribution in [0.1, 0.15) is 46.0 Å². The SMILES string of the molecule is C/C=C\C=C/COC(=O)CCCCCC. The lowest BCUT2D eigenvalue weighted by Gasteiger charge is -2.00. The summed E-state index contributed by atoms with van der Waals surface area (Å²) < 4.78 is 5.01. The van der Waals surface area contributed by atoms with E-state index in [1.54, 1.807) is 0 Å². The second-order valence-electron chi connectivity index (χ2n) is 3.45. The molecule has 0 aliphatic rings. The third kappa shape index (κ3) is 10.9. The van der Waals surface area contributed by atoms with Gasteiger partial charge in [-0.2, -0.15) is 0 Å². The van der Waals surface area contributed by atoms with Crippen molar-refractivity contribution in [2.75, 3.05) is 6.61 Å². The summed E-state index contributed by atoms with van der Waals surface area (Å²) in [5, 5.41) is 0. The van der Waals surface area contributed by atoms with Gasteiger partial charge in [-0.15, -0.1) is 0 Å². The Morgan fingerprint density at radius 3 is 2.67 bits per heavy atom. The fourth-order valence-corrected chi connectivity index (χ4v) is 1.15. The Kier molecular flexibility index (Phi) is 10.3. The van der Waals surface area contributed by atoms with Crippen LogP contribution in [-0.2, 0) is 9.53 Å². The topological polar surface area (TPSA) is 26.3 Å². The van der Waals surface area contributed by atoms with E-state index in [-0.39, 0.29) is 5.97 Å². The summed E-state index contributed by atoms with van der Waals surface area (Å²) in [6.45, 7) is 4.49. The standard InChI is InChI=1S/C13H22O2/c1-3-5-7-9-11-13(14)15-12-10-8-6-4-2/h4,6,8,10H,3,5,7,9,11-12H2,1-2H3/b6-4-,10-8-. The summed E-state index contributed by atoms with van der Waals surface area (Å²) in [6, 6.07) is 0. The number of allylic oxidation sites excluding steroid dienone is 3. The van der Waals surface area contributed by atoms with E-state index in [9.17, 15) is 4.79 Å². The van der Waals surface area contributed by atoms with Gasteiger partial charge in [-0.3, -0.25) is 4.79 Å². The molecule has 0 N–H and O–H groups in total. The molecule has 0 spiro atoms. The Morgan fingerprint density at radius 2 is 2.00 bits per heavy atom. The first-order valence-electron chi connectivity index (χ1n) is 5.74. The Bertz CT molecular complexity index is 205. The van der Waals surface area contributed by atoms with Gasteiger partial charge in [0.1, 0.15) is 6.61 Å². The molecule has 0 radical (unpaired) electrons. The van der Waals surface area contributed by atoms with Crippen LogP contribution in [0, 0.1) is 0 Å². The van der Waals surface area contributed by atoms with Gasteiger partial charge in [0.15, 0.2) is 0 Å². The highest BCUT2D eigenvalue weighted by atomic mass is 16.5. The lowest BCUT2D eigenvalue weighted by molar-refractivity contribution is -0.142. The highest BCUT2D eigenvalue weighted by molar-refractivity contribution is 5.69. The van der Waals surface area contributed by atoms with E-state index in [1.807, 2.05) is 31.2 Å². The normalized spacial score (nSPS) is 11.3. The van der Waals surface area contributed by atoms with Crippen LogP contribution in [0.5, 0.6) is 0 Å². The maximum atomic E-state index is 11.2. The van der Waals surface area contributed by atoms with Crippen LogP contribution in [0.2, 0.25) is 0 Å². The fourth-order valence-electron chi connectivity index (χ4n) is 1.15. The van der Waals surface area contributed by atoms with Gasteiger partial charge in [0.2, 0.25) is 0 Å². The molecule has 0 aromatic carbocycles. The molecule has 0 rings (SSSR count). The predicted octanol–water partition coefficient (Wildman–Crippen LogP) is 3.63. The highest BCUT2D eigenvalue weighted by Crippen LogP contribution is 2.03. The fraction of sp³-hybridized carbons (Fsp3) is 0.615. The van der Waals surface area contributed by atoms with Crippen LogP contribution in [0.15, 0.2) is 24.3 Å². The van der Waals surface area contributed by atoms with Crippen LogP contribution in [0.25, 0.3) is 0 Å². The van der Waals surface area contributed by atoms with Crippen LogP contribution < -0.4 is 0 Å². The molecule has 0 saturated heterocycles. The van der Waals surface area contributed by atoms with Crippen molar-refractivity contribution in [1.29, 1.82) is 0 Å². The predicted molar refractivity (Wildman–Crippen MR) is 63.7 cm³/mol. The highest BCUT2D eigenvalue weighted by Gasteiger charge is 1.99. The van der Waals surface area contributed by atoms with E-state index in [4.69, 9.17) is 4.74 Å². The number of hydrogen-bond acceptors (Lipinski definition) is 2. The number of hydrogen-bond donors (Lipinski definition) is 0. The maximum absolute atomic E-state index is 11.2. The van der Waals surface area contributed by atoms with E-state index < -0.39 is 0 Å². The Hall–Kier alpha value is -1.05. The minimum Gasteiger partial charge on any atom is -0.461 e. The van der Waals surface area contributed by atoms with Crippen molar-refractivity contribution in [2.24, 2.45) is 0 Å². The Morgan fingerprint density at radius 1 is 1.20 bits per heavy atom. The lowest BCUT2D eigenvalue weighted by atomic mass is 10.2. The van der Waals surface area contributed by atoms with Crippen molar-refractivity contribution in [1.82, 2.24) is 0 Å². The summed E-state index contributed by atoms with van der Waals surface area (Å²) in [4.78, 5) is 11.2. The summed E-state index contributed by atoms with van der Waals surface area (Å²) in [6.07, 6.45) is 12.6. The smallest absolute Gasteiger partial charge is 0.306 e. The molecule has 0 bridgehead atoms. The molecule has 2 heteroatoms. The van der Waals surface area contributed by atoms with E-state index in [0.717, 1.165) is 12.8 Å². The van der Waals surface area contributed by atoms with Gasteiger partial charge >= 0.3 is 5.97 Å². The van der Waals surface area contributed by atoms with Gasteiger partial charge in [0, 0.05) is 6.42 Å². The minimum absolute atomic E-state index is 0.0868. The molecule has 0 unspecified atom stereocenters. The molecule has 0 amide bonds. The average molecular weight is 210 g/mol. The molecule has 2 nitrogen and oxygen atoms in total. The third-order valence-corrected chi connectivity index (χ3v) is 2.01. The zero-order valence-corrected chi connectivity index (χ0v) is 9.87. The monoisotopic (exact) mass is 210 g/mol. The molecule has 86 valence electrons. The van der Waals surface area contributed by atoms with Crippen molar-refractivity contribution >= 4 is 5.97 Å². The second kappa shape index (κ2) is 11.0. The summed E-state index contributed by atoms with van der Waals surface area (Å²) >= 11 is 0. The number of esters is 1. The van der Waals surface area contributed by atoms with Gasteiger partial charge in [0.25, 0.3) is 0 Å². The molecule has 0 aliphatic heterocycles. The number of carbonyl (C=O) groups excluding carboxylic acids is 1. The van der Waals surface area contributed by atoms with Crippen LogP contribution in [0.3, 0.4) is 0 Å². The van der Waals surface area contributed by atoms with Gasteiger partial charge in [0.05, 0.1) is 0 Å². The number of unbranched alkanes of at least 4 members (excludes halogenated alkanes) is 3. The summed E-state index contributed by atoms with van der Waals surface area (Å²) in [7, 11) is 0. The van der Waals surface area contributed by atoms with E-state index in [0.29, 0.717) is 13.0 Å². The Balaban J connectivity index is 3.33. The summed E-state index contributed by atoms with van der Waals surface area (Å²) in [5.74, 6) is -0.0868. The van der Waals surface area contributed by atoms with Gasteiger partial charge in [-0.1, -0.05) is 44.4 Å². The van der Waals surface area contributed by atoms with E-state index in [2.05, 4.69) is 6.92 Å². The average Bonchev–Trinajstić information content (AvgIpc) is 2.24. The molecular formula is C13H22O2. The molecule has 0 aromatic rings. The zero-order chi connectivity index (χ0) is 11.4. The number of rotatable bonds is 8. The molecule has 0 heterocycles. The van der Waals surface area contributed by atoms with E-state index in [1.165, 1.54) is 12.8 Å². The summed E-state index contributed by atoms with van der Waals surface area (Å²) in [5.41, 5.74) is 0. The molecule has 0 aromatic heterocycles. The first-order chi connectivity index (χ1) is 7.31. The van der Waals surface area contributed by atoms with Gasteiger partial charge in [-0.05, 0) is 19.4 Å². The minimum atomic E-state index is -0.0868. The van der Waals surface area contributed by atoms with Crippen LogP contribution >= 0.6 is 0 Å². The van der Waals surface area contributed by atoms with E-state index >= 15 is 0 Å². The van der Waals surface area contributed by atoms with Gasteiger partial charge in [-0.25, -0.2) is 0 Å². The third-order valence-electron chi connectivity index (χ3n) is 2.01. The van der Waals surface area contributed by atoms with Crippen LogP contribution in [0.4, 0.5) is 0 Å². The molecule has 15 heavy (non-hydrogen) atoms. The van der Waals surface area contributed by atoms with Crippen molar-refractivity contribution < 1.29 is 9.53 Å². The van der Waals surface area contributed by atoms with Crippen molar-refractivity contribution in [3.05, 3.63) is 24.3 Å². The Labute approximate surface area is 93.0 Å². The molecule has 0 saturated carbocycles. The van der Waals surface area contributed by atoms with Crippen molar-refractivity contribution in [3.63, 3.8) is 0 Å². The van der Waals surface area contributed by atoms with Gasteiger partial charge < -0.3 is 4.74 Å². The molecule has 0 fully saturated rings. The van der Waals surface area contributed by atoms with Crippen molar-refractivity contribution in [2.45, 2.75) is 46.0 Å². The number of carbonyl (C=O) groups is 1. The first kappa shape index (κ1) is 13.9. The molecule has 0 aliphatic carbocycles. The maximum Gasteiger partial charge on any atom is 0.306 e. The first-order valence-corrected chi connectivity index (χ1v) is 5.74. The van der Waals surface area contributed by atoms with Crippen LogP contribution in [-0.4, -0.2) is 12.6 Å².